The molecule has 2 amide bonds. The van der Waals surface area contributed by atoms with Gasteiger partial charge in [0.15, 0.2) is 5.69 Å². The summed E-state index contributed by atoms with van der Waals surface area (Å²) < 4.78 is 1.62. The first-order chi connectivity index (χ1) is 11.6. The van der Waals surface area contributed by atoms with Gasteiger partial charge in [0, 0.05) is 19.8 Å². The Morgan fingerprint density at radius 2 is 1.88 bits per heavy atom. The van der Waals surface area contributed by atoms with Crippen LogP contribution in [0.1, 0.15) is 16.1 Å². The third-order valence-corrected chi connectivity index (χ3v) is 3.69. The summed E-state index contributed by atoms with van der Waals surface area (Å²) in [4.78, 5) is 25.9. The van der Waals surface area contributed by atoms with E-state index in [0.717, 1.165) is 11.1 Å². The molecule has 24 heavy (non-hydrogen) atoms. The Balaban J connectivity index is 1.56. The Morgan fingerprint density at radius 1 is 1.12 bits per heavy atom. The van der Waals surface area contributed by atoms with Crippen molar-refractivity contribution in [2.24, 2.45) is 0 Å². The molecule has 122 valence electrons. The van der Waals surface area contributed by atoms with Crippen molar-refractivity contribution in [1.29, 1.82) is 0 Å². The number of fused-ring (bicyclic) bond motifs is 1. The van der Waals surface area contributed by atoms with E-state index in [2.05, 4.69) is 10.4 Å². The number of likely N-dealkylation sites (N-methyl/N-ethyl adjacent to an activating group) is 1. The van der Waals surface area contributed by atoms with Crippen LogP contribution in [0.15, 0.2) is 60.8 Å². The van der Waals surface area contributed by atoms with Gasteiger partial charge in [0.1, 0.15) is 0 Å². The van der Waals surface area contributed by atoms with Crippen molar-refractivity contribution in [2.75, 3.05) is 13.6 Å². The molecule has 2 aromatic heterocycles. The standard InChI is InChI=1S/C18H18N4O2/c1-21(13-14-7-3-2-4-8-14)17(23)12-19-18(24)16-11-15-9-5-6-10-22(15)20-16/h2-11H,12-13H2,1H3,(H,19,24). The van der Waals surface area contributed by atoms with Gasteiger partial charge in [0.2, 0.25) is 5.91 Å². The molecule has 0 aliphatic rings. The average molecular weight is 322 g/mol. The average Bonchev–Trinajstić information content (AvgIpc) is 3.04. The second-order valence-corrected chi connectivity index (χ2v) is 5.52. The smallest absolute Gasteiger partial charge is 0.272 e. The summed E-state index contributed by atoms with van der Waals surface area (Å²) in [5.41, 5.74) is 2.16. The maximum atomic E-state index is 12.1. The van der Waals surface area contributed by atoms with Crippen LogP contribution in [0.2, 0.25) is 0 Å². The highest BCUT2D eigenvalue weighted by molar-refractivity contribution is 5.95. The van der Waals surface area contributed by atoms with Crippen molar-refractivity contribution in [3.8, 4) is 0 Å². The second-order valence-electron chi connectivity index (χ2n) is 5.52. The van der Waals surface area contributed by atoms with Gasteiger partial charge in [-0.2, -0.15) is 5.10 Å². The molecule has 6 nitrogen and oxygen atoms in total. The van der Waals surface area contributed by atoms with Gasteiger partial charge >= 0.3 is 0 Å². The fourth-order valence-corrected chi connectivity index (χ4v) is 2.38. The van der Waals surface area contributed by atoms with Crippen LogP contribution in [0.3, 0.4) is 0 Å². The topological polar surface area (TPSA) is 66.7 Å². The first-order valence-corrected chi connectivity index (χ1v) is 7.64. The Labute approximate surface area is 139 Å². The molecular weight excluding hydrogens is 304 g/mol. The van der Waals surface area contributed by atoms with E-state index in [-0.39, 0.29) is 18.4 Å². The minimum absolute atomic E-state index is 0.0595. The van der Waals surface area contributed by atoms with Crippen LogP contribution < -0.4 is 5.32 Å². The van der Waals surface area contributed by atoms with Gasteiger partial charge < -0.3 is 10.2 Å². The predicted octanol–water partition coefficient (Wildman–Crippen LogP) is 1.72. The van der Waals surface area contributed by atoms with Gasteiger partial charge in [-0.1, -0.05) is 36.4 Å². The molecule has 0 bridgehead atoms. The molecule has 1 aromatic carbocycles. The van der Waals surface area contributed by atoms with E-state index in [0.29, 0.717) is 12.2 Å². The first-order valence-electron chi connectivity index (χ1n) is 7.64. The molecule has 0 radical (unpaired) electrons. The van der Waals surface area contributed by atoms with E-state index >= 15 is 0 Å². The van der Waals surface area contributed by atoms with Crippen LogP contribution in [0, 0.1) is 0 Å². The van der Waals surface area contributed by atoms with Crippen molar-refractivity contribution >= 4 is 17.3 Å². The molecule has 3 aromatic rings. The quantitative estimate of drug-likeness (QED) is 0.778. The number of hydrogen-bond acceptors (Lipinski definition) is 3. The summed E-state index contributed by atoms with van der Waals surface area (Å²) in [5, 5.41) is 6.80. The lowest BCUT2D eigenvalue weighted by Crippen LogP contribution is -2.37. The fourth-order valence-electron chi connectivity index (χ4n) is 2.38. The summed E-state index contributed by atoms with van der Waals surface area (Å²) in [5.74, 6) is -0.517. The fraction of sp³-hybridized carbons (Fsp3) is 0.167. The van der Waals surface area contributed by atoms with Crippen molar-refractivity contribution in [3.05, 3.63) is 72.1 Å². The number of rotatable bonds is 5. The zero-order valence-electron chi connectivity index (χ0n) is 13.3. The number of carbonyl (C=O) groups is 2. The third-order valence-electron chi connectivity index (χ3n) is 3.69. The van der Waals surface area contributed by atoms with Crippen LogP contribution in [0.25, 0.3) is 5.52 Å². The number of pyridine rings is 1. The Bertz CT molecular complexity index is 825. The maximum Gasteiger partial charge on any atom is 0.272 e. The normalized spacial score (nSPS) is 10.5. The molecule has 1 N–H and O–H groups in total. The largest absolute Gasteiger partial charge is 0.342 e. The summed E-state index contributed by atoms with van der Waals surface area (Å²) in [7, 11) is 1.71. The molecule has 0 unspecified atom stereocenters. The first kappa shape index (κ1) is 15.7. The van der Waals surface area contributed by atoms with Gasteiger partial charge in [0.25, 0.3) is 5.91 Å². The molecule has 3 rings (SSSR count). The summed E-state index contributed by atoms with van der Waals surface area (Å²) in [6.07, 6.45) is 1.77. The summed E-state index contributed by atoms with van der Waals surface area (Å²) in [6.45, 7) is 0.444. The number of carbonyl (C=O) groups excluding carboxylic acids is 2. The molecule has 0 atom stereocenters. The van der Waals surface area contributed by atoms with Crippen LogP contribution >= 0.6 is 0 Å². The molecule has 0 spiro atoms. The molecule has 2 heterocycles. The Kier molecular flexibility index (Phi) is 4.56. The molecule has 6 heteroatoms. The van der Waals surface area contributed by atoms with Gasteiger partial charge in [-0.25, -0.2) is 4.52 Å². The summed E-state index contributed by atoms with van der Waals surface area (Å²) in [6, 6.07) is 17.0. The highest BCUT2D eigenvalue weighted by Gasteiger charge is 2.14. The number of amides is 2. The Hall–Kier alpha value is -3.15. The van der Waals surface area contributed by atoms with E-state index in [1.54, 1.807) is 28.7 Å². The van der Waals surface area contributed by atoms with Gasteiger partial charge in [-0.15, -0.1) is 0 Å². The SMILES string of the molecule is CN(Cc1ccccc1)C(=O)CNC(=O)c1cc2ccccn2n1. The van der Waals surface area contributed by atoms with E-state index in [9.17, 15) is 9.59 Å². The molecule has 0 aliphatic heterocycles. The number of nitrogens with zero attached hydrogens (tertiary/aromatic N) is 3. The van der Waals surface area contributed by atoms with Gasteiger partial charge in [-0.3, -0.25) is 9.59 Å². The van der Waals surface area contributed by atoms with E-state index < -0.39 is 0 Å². The molecule has 0 fully saturated rings. The highest BCUT2D eigenvalue weighted by atomic mass is 16.2. The molecular formula is C18H18N4O2. The van der Waals surface area contributed by atoms with Gasteiger partial charge in [0.05, 0.1) is 12.1 Å². The number of hydrogen-bond donors (Lipinski definition) is 1. The second kappa shape index (κ2) is 6.95. The number of benzene rings is 1. The minimum Gasteiger partial charge on any atom is -0.342 e. The predicted molar refractivity (Wildman–Crippen MR) is 90.4 cm³/mol. The zero-order valence-corrected chi connectivity index (χ0v) is 13.3. The van der Waals surface area contributed by atoms with Crippen molar-refractivity contribution in [1.82, 2.24) is 19.8 Å². The lowest BCUT2D eigenvalue weighted by molar-refractivity contribution is -0.129. The molecule has 0 saturated carbocycles. The van der Waals surface area contributed by atoms with Crippen LogP contribution in [-0.4, -0.2) is 39.9 Å². The molecule has 0 aliphatic carbocycles. The minimum atomic E-state index is -0.361. The Morgan fingerprint density at radius 3 is 2.62 bits per heavy atom. The van der Waals surface area contributed by atoms with Crippen molar-refractivity contribution in [2.45, 2.75) is 6.54 Å². The van der Waals surface area contributed by atoms with Crippen molar-refractivity contribution < 1.29 is 9.59 Å². The monoisotopic (exact) mass is 322 g/mol. The highest BCUT2D eigenvalue weighted by Crippen LogP contribution is 2.06. The van der Waals surface area contributed by atoms with Crippen LogP contribution in [-0.2, 0) is 11.3 Å². The third kappa shape index (κ3) is 3.60. The van der Waals surface area contributed by atoms with E-state index in [1.165, 1.54) is 0 Å². The number of nitrogens with one attached hydrogen (secondary N) is 1. The lowest BCUT2D eigenvalue weighted by atomic mass is 10.2. The van der Waals surface area contributed by atoms with E-state index in [1.807, 2.05) is 48.5 Å². The zero-order chi connectivity index (χ0) is 16.9. The molecule has 0 saturated heterocycles. The lowest BCUT2D eigenvalue weighted by Gasteiger charge is -2.17. The summed E-state index contributed by atoms with van der Waals surface area (Å²) >= 11 is 0. The van der Waals surface area contributed by atoms with E-state index in [4.69, 9.17) is 0 Å². The van der Waals surface area contributed by atoms with Crippen LogP contribution in [0.5, 0.6) is 0 Å². The number of aromatic nitrogens is 2. The van der Waals surface area contributed by atoms with Crippen LogP contribution in [0.4, 0.5) is 0 Å². The maximum absolute atomic E-state index is 12.1. The van der Waals surface area contributed by atoms with Crippen molar-refractivity contribution in [3.63, 3.8) is 0 Å². The van der Waals surface area contributed by atoms with Gasteiger partial charge in [-0.05, 0) is 23.8 Å².